The molecule has 0 aliphatic rings. The van der Waals surface area contributed by atoms with Crippen LogP contribution in [0.3, 0.4) is 0 Å². The second-order valence-corrected chi connectivity index (χ2v) is 11.9. The summed E-state index contributed by atoms with van der Waals surface area (Å²) in [5, 5.41) is 0. The van der Waals surface area contributed by atoms with Gasteiger partial charge in [-0.2, -0.15) is 0 Å². The molecule has 0 fully saturated rings. The minimum absolute atomic E-state index is 0.259. The third-order valence-electron chi connectivity index (χ3n) is 3.47. The van der Waals surface area contributed by atoms with Gasteiger partial charge in [-0.25, -0.2) is 0 Å². The molecule has 0 saturated carbocycles. The zero-order valence-corrected chi connectivity index (χ0v) is 16.6. The third-order valence-corrected chi connectivity index (χ3v) is 9.86. The normalized spacial score (nSPS) is 18.5. The van der Waals surface area contributed by atoms with Crippen molar-refractivity contribution in [3.63, 3.8) is 0 Å². The van der Waals surface area contributed by atoms with E-state index in [9.17, 15) is 0 Å². The SMILES string of the molecule is C=C[Si](C)(OCC)O[Si](C)(C=C)OC(CCC)CCCC. The molecule has 0 bridgehead atoms. The third kappa shape index (κ3) is 8.11. The van der Waals surface area contributed by atoms with Gasteiger partial charge in [0.1, 0.15) is 0 Å². The van der Waals surface area contributed by atoms with Crippen molar-refractivity contribution in [1.82, 2.24) is 0 Å². The Morgan fingerprint density at radius 1 is 0.952 bits per heavy atom. The molecule has 0 aliphatic heterocycles. The average molecular weight is 331 g/mol. The molecule has 21 heavy (non-hydrogen) atoms. The summed E-state index contributed by atoms with van der Waals surface area (Å²) in [4.78, 5) is 0. The van der Waals surface area contributed by atoms with Crippen LogP contribution >= 0.6 is 0 Å². The van der Waals surface area contributed by atoms with Gasteiger partial charge in [-0.1, -0.05) is 44.5 Å². The summed E-state index contributed by atoms with van der Waals surface area (Å²) in [5.41, 5.74) is 3.70. The predicted octanol–water partition coefficient (Wildman–Crippen LogP) is 5.01. The second kappa shape index (κ2) is 10.5. The van der Waals surface area contributed by atoms with E-state index < -0.39 is 17.1 Å². The summed E-state index contributed by atoms with van der Waals surface area (Å²) in [6.07, 6.45) is 5.92. The fourth-order valence-corrected chi connectivity index (χ4v) is 8.28. The van der Waals surface area contributed by atoms with Gasteiger partial charge >= 0.3 is 17.1 Å². The predicted molar refractivity (Wildman–Crippen MR) is 95.6 cm³/mol. The van der Waals surface area contributed by atoms with E-state index in [4.69, 9.17) is 13.0 Å². The Labute approximate surface area is 133 Å². The first-order valence-electron chi connectivity index (χ1n) is 8.17. The van der Waals surface area contributed by atoms with Gasteiger partial charge in [0, 0.05) is 12.7 Å². The fraction of sp³-hybridized carbons (Fsp3) is 0.750. The molecule has 0 aromatic carbocycles. The molecule has 3 nitrogen and oxygen atoms in total. The van der Waals surface area contributed by atoms with Crippen LogP contribution in [0.4, 0.5) is 0 Å². The highest BCUT2D eigenvalue weighted by Crippen LogP contribution is 2.23. The number of rotatable bonds is 13. The summed E-state index contributed by atoms with van der Waals surface area (Å²) >= 11 is 0. The van der Waals surface area contributed by atoms with Crippen molar-refractivity contribution < 1.29 is 13.0 Å². The van der Waals surface area contributed by atoms with Crippen LogP contribution in [0.1, 0.15) is 52.9 Å². The Balaban J connectivity index is 4.88. The zero-order valence-electron chi connectivity index (χ0n) is 14.6. The molecule has 0 aromatic heterocycles. The van der Waals surface area contributed by atoms with Gasteiger partial charge in [0.25, 0.3) is 0 Å². The zero-order chi connectivity index (χ0) is 16.4. The lowest BCUT2D eigenvalue weighted by atomic mass is 10.1. The molecule has 0 rings (SSSR count). The Morgan fingerprint density at radius 2 is 1.57 bits per heavy atom. The van der Waals surface area contributed by atoms with Crippen LogP contribution in [-0.4, -0.2) is 29.8 Å². The van der Waals surface area contributed by atoms with E-state index in [1.807, 2.05) is 24.9 Å². The molecule has 0 heterocycles. The number of hydrogen-bond acceptors (Lipinski definition) is 3. The summed E-state index contributed by atoms with van der Waals surface area (Å²) in [5.74, 6) is 0. The van der Waals surface area contributed by atoms with Crippen LogP contribution in [0.25, 0.3) is 0 Å². The van der Waals surface area contributed by atoms with Crippen molar-refractivity contribution in [1.29, 1.82) is 0 Å². The fourth-order valence-electron chi connectivity index (χ4n) is 2.28. The van der Waals surface area contributed by atoms with E-state index in [1.54, 1.807) is 0 Å². The van der Waals surface area contributed by atoms with Crippen molar-refractivity contribution in [2.75, 3.05) is 6.61 Å². The van der Waals surface area contributed by atoms with Crippen LogP contribution < -0.4 is 0 Å². The van der Waals surface area contributed by atoms with Crippen LogP contribution in [0.15, 0.2) is 24.6 Å². The largest absolute Gasteiger partial charge is 0.409 e. The molecule has 0 aliphatic carbocycles. The summed E-state index contributed by atoms with van der Waals surface area (Å²) in [7, 11) is -4.81. The first-order valence-corrected chi connectivity index (χ1v) is 13.0. The lowest BCUT2D eigenvalue weighted by Gasteiger charge is -2.35. The Morgan fingerprint density at radius 3 is 2.00 bits per heavy atom. The molecule has 0 N–H and O–H groups in total. The van der Waals surface area contributed by atoms with Crippen molar-refractivity contribution in [3.8, 4) is 0 Å². The Kier molecular flexibility index (Phi) is 10.4. The smallest absolute Gasteiger partial charge is 0.352 e. The van der Waals surface area contributed by atoms with Crippen molar-refractivity contribution >= 4 is 17.1 Å². The van der Waals surface area contributed by atoms with Gasteiger partial charge in [-0.15, -0.1) is 13.2 Å². The maximum absolute atomic E-state index is 6.38. The van der Waals surface area contributed by atoms with E-state index >= 15 is 0 Å². The number of unbranched alkanes of at least 4 members (excludes halogenated alkanes) is 1. The van der Waals surface area contributed by atoms with Crippen LogP contribution in [0, 0.1) is 0 Å². The van der Waals surface area contributed by atoms with Gasteiger partial charge in [0.05, 0.1) is 0 Å². The molecule has 0 spiro atoms. The molecule has 5 heteroatoms. The highest BCUT2D eigenvalue weighted by molar-refractivity contribution is 6.84. The minimum Gasteiger partial charge on any atom is -0.409 e. The molecular formula is C16H34O3Si2. The van der Waals surface area contributed by atoms with E-state index in [2.05, 4.69) is 33.6 Å². The van der Waals surface area contributed by atoms with Crippen molar-refractivity contribution in [2.24, 2.45) is 0 Å². The maximum atomic E-state index is 6.38. The van der Waals surface area contributed by atoms with E-state index in [0.29, 0.717) is 6.61 Å². The number of hydrogen-bond donors (Lipinski definition) is 0. The topological polar surface area (TPSA) is 27.7 Å². The lowest BCUT2D eigenvalue weighted by Crippen LogP contribution is -2.51. The van der Waals surface area contributed by atoms with Crippen LogP contribution in [0.5, 0.6) is 0 Å². The van der Waals surface area contributed by atoms with Crippen molar-refractivity contribution in [3.05, 3.63) is 24.6 Å². The van der Waals surface area contributed by atoms with Crippen LogP contribution in [0.2, 0.25) is 13.1 Å². The highest BCUT2D eigenvalue weighted by atomic mass is 28.5. The molecular weight excluding hydrogens is 296 g/mol. The minimum atomic E-state index is -2.44. The molecule has 0 amide bonds. The van der Waals surface area contributed by atoms with Crippen LogP contribution in [-0.2, 0) is 13.0 Å². The molecule has 0 saturated heterocycles. The summed E-state index contributed by atoms with van der Waals surface area (Å²) in [6.45, 7) is 18.9. The van der Waals surface area contributed by atoms with Gasteiger partial charge in [0.2, 0.25) is 0 Å². The maximum Gasteiger partial charge on any atom is 0.352 e. The molecule has 0 aromatic rings. The first-order chi connectivity index (χ1) is 9.88. The second-order valence-electron chi connectivity index (χ2n) is 5.65. The van der Waals surface area contributed by atoms with E-state index in [0.717, 1.165) is 19.3 Å². The highest BCUT2D eigenvalue weighted by Gasteiger charge is 2.40. The Hall–Kier alpha value is -0.206. The van der Waals surface area contributed by atoms with Gasteiger partial charge in [-0.3, -0.25) is 0 Å². The molecule has 0 radical (unpaired) electrons. The molecule has 3 atom stereocenters. The average Bonchev–Trinajstić information content (AvgIpc) is 2.45. The van der Waals surface area contributed by atoms with Gasteiger partial charge in [0.15, 0.2) is 0 Å². The van der Waals surface area contributed by atoms with Crippen molar-refractivity contribution in [2.45, 2.75) is 72.1 Å². The van der Waals surface area contributed by atoms with Gasteiger partial charge in [-0.05, 0) is 32.9 Å². The summed E-state index contributed by atoms with van der Waals surface area (Å²) < 4.78 is 18.5. The monoisotopic (exact) mass is 330 g/mol. The molecule has 3 unspecified atom stereocenters. The Bertz CT molecular complexity index is 312. The van der Waals surface area contributed by atoms with E-state index in [-0.39, 0.29) is 6.10 Å². The van der Waals surface area contributed by atoms with Gasteiger partial charge < -0.3 is 13.0 Å². The molecule has 124 valence electrons. The first kappa shape index (κ1) is 20.8. The summed E-state index contributed by atoms with van der Waals surface area (Å²) in [6, 6.07) is 0. The lowest BCUT2D eigenvalue weighted by molar-refractivity contribution is 0.129. The quantitative estimate of drug-likeness (QED) is 0.444. The van der Waals surface area contributed by atoms with E-state index in [1.165, 1.54) is 12.8 Å². The standard InChI is InChI=1S/C16H34O3Si2/c1-8-13-15-16(14-9-2)18-21(7,12-5)19-20(6,11-4)17-10-3/h11-12,16H,4-5,8-10,13-15H2,1-3,6-7H3.